The molecule has 6 nitrogen and oxygen atoms in total. The van der Waals surface area contributed by atoms with Crippen molar-refractivity contribution < 1.29 is 25.2 Å². The summed E-state index contributed by atoms with van der Waals surface area (Å²) in [6.07, 6.45) is -5.91. The van der Waals surface area contributed by atoms with Crippen molar-refractivity contribution >= 4 is 16.5 Å². The minimum Gasteiger partial charge on any atom is -0.394 e. The first-order valence-electron chi connectivity index (χ1n) is 7.16. The van der Waals surface area contributed by atoms with Gasteiger partial charge in [0, 0.05) is 11.1 Å². The van der Waals surface area contributed by atoms with Gasteiger partial charge in [0.15, 0.2) is 6.23 Å². The molecule has 6 heteroatoms. The molecule has 1 fully saturated rings. The molecule has 0 spiro atoms. The average molecular weight is 305 g/mol. The minimum atomic E-state index is -1.39. The van der Waals surface area contributed by atoms with E-state index in [0.29, 0.717) is 0 Å². The van der Waals surface area contributed by atoms with Crippen molar-refractivity contribution in [1.29, 1.82) is 0 Å². The van der Waals surface area contributed by atoms with Gasteiger partial charge in [-0.2, -0.15) is 0 Å². The molecule has 0 aromatic heterocycles. The molecule has 22 heavy (non-hydrogen) atoms. The number of benzene rings is 2. The van der Waals surface area contributed by atoms with Crippen LogP contribution in [-0.2, 0) is 4.74 Å². The van der Waals surface area contributed by atoms with Crippen LogP contribution in [0.1, 0.15) is 0 Å². The molecule has 0 bridgehead atoms. The maximum atomic E-state index is 10.1. The summed E-state index contributed by atoms with van der Waals surface area (Å²) < 4.78 is 5.46. The first-order valence-corrected chi connectivity index (χ1v) is 7.16. The zero-order chi connectivity index (χ0) is 15.7. The van der Waals surface area contributed by atoms with Crippen molar-refractivity contribution in [3.05, 3.63) is 42.5 Å². The van der Waals surface area contributed by atoms with E-state index in [0.717, 1.165) is 16.5 Å². The van der Waals surface area contributed by atoms with Crippen LogP contribution in [0.15, 0.2) is 42.5 Å². The van der Waals surface area contributed by atoms with Crippen LogP contribution in [0.25, 0.3) is 10.8 Å². The molecule has 1 aliphatic rings. The van der Waals surface area contributed by atoms with Crippen molar-refractivity contribution in [3.63, 3.8) is 0 Å². The second-order valence-electron chi connectivity index (χ2n) is 5.42. The topological polar surface area (TPSA) is 102 Å². The Labute approximate surface area is 127 Å². The van der Waals surface area contributed by atoms with Crippen LogP contribution in [0.3, 0.4) is 0 Å². The fraction of sp³-hybridized carbons (Fsp3) is 0.375. The molecular formula is C16H19NO5. The number of hydrogen-bond donors (Lipinski definition) is 5. The molecule has 1 unspecified atom stereocenters. The number of hydrogen-bond acceptors (Lipinski definition) is 6. The Morgan fingerprint density at radius 3 is 2.41 bits per heavy atom. The van der Waals surface area contributed by atoms with Crippen molar-refractivity contribution in [1.82, 2.24) is 0 Å². The van der Waals surface area contributed by atoms with E-state index in [2.05, 4.69) is 5.32 Å². The van der Waals surface area contributed by atoms with E-state index in [1.54, 1.807) is 0 Å². The molecular weight excluding hydrogens is 286 g/mol. The monoisotopic (exact) mass is 305 g/mol. The highest BCUT2D eigenvalue weighted by Gasteiger charge is 2.43. The quantitative estimate of drug-likeness (QED) is 0.549. The number of fused-ring (bicyclic) bond motifs is 1. The zero-order valence-electron chi connectivity index (χ0n) is 11.8. The van der Waals surface area contributed by atoms with Gasteiger partial charge in [0.25, 0.3) is 0 Å². The van der Waals surface area contributed by atoms with E-state index in [-0.39, 0.29) is 0 Å². The Bertz CT molecular complexity index is 642. The number of rotatable bonds is 3. The van der Waals surface area contributed by atoms with Gasteiger partial charge >= 0.3 is 0 Å². The SMILES string of the molecule is OC[C@H]1OC(Nc2cccc3ccccc23)[C@H](O)[C@@H](O)[C@H]1O. The fourth-order valence-electron chi connectivity index (χ4n) is 2.73. The largest absolute Gasteiger partial charge is 0.394 e. The van der Waals surface area contributed by atoms with Crippen molar-refractivity contribution in [2.24, 2.45) is 0 Å². The van der Waals surface area contributed by atoms with E-state index in [9.17, 15) is 20.4 Å². The van der Waals surface area contributed by atoms with Gasteiger partial charge in [0.1, 0.15) is 24.4 Å². The van der Waals surface area contributed by atoms with Gasteiger partial charge in [-0.15, -0.1) is 0 Å². The number of aliphatic hydroxyl groups is 4. The van der Waals surface area contributed by atoms with Gasteiger partial charge < -0.3 is 30.5 Å². The normalized spacial score (nSPS) is 32.1. The van der Waals surface area contributed by atoms with Gasteiger partial charge in [0.2, 0.25) is 0 Å². The number of ether oxygens (including phenoxy) is 1. The van der Waals surface area contributed by atoms with Gasteiger partial charge in [-0.25, -0.2) is 0 Å². The zero-order valence-corrected chi connectivity index (χ0v) is 11.8. The third-order valence-electron chi connectivity index (χ3n) is 3.98. The second-order valence-corrected chi connectivity index (χ2v) is 5.42. The van der Waals surface area contributed by atoms with Crippen molar-refractivity contribution in [2.45, 2.75) is 30.6 Å². The van der Waals surface area contributed by atoms with Gasteiger partial charge in [-0.3, -0.25) is 0 Å². The Morgan fingerprint density at radius 2 is 1.64 bits per heavy atom. The maximum Gasteiger partial charge on any atom is 0.157 e. The van der Waals surface area contributed by atoms with Crippen LogP contribution >= 0.6 is 0 Å². The molecule has 0 radical (unpaired) electrons. The van der Waals surface area contributed by atoms with Crippen LogP contribution in [-0.4, -0.2) is 57.7 Å². The summed E-state index contributed by atoms with van der Waals surface area (Å²) >= 11 is 0. The van der Waals surface area contributed by atoms with Gasteiger partial charge in [-0.1, -0.05) is 36.4 Å². The Morgan fingerprint density at radius 1 is 0.909 bits per heavy atom. The summed E-state index contributed by atoms with van der Waals surface area (Å²) in [6.45, 7) is -0.446. The predicted molar refractivity (Wildman–Crippen MR) is 81.3 cm³/mol. The second kappa shape index (κ2) is 6.20. The molecule has 2 aromatic rings. The highest BCUT2D eigenvalue weighted by Crippen LogP contribution is 2.27. The fourth-order valence-corrected chi connectivity index (χ4v) is 2.73. The lowest BCUT2D eigenvalue weighted by atomic mass is 9.98. The maximum absolute atomic E-state index is 10.1. The third-order valence-corrected chi connectivity index (χ3v) is 3.98. The summed E-state index contributed by atoms with van der Waals surface area (Å²) in [5.74, 6) is 0. The number of nitrogens with one attached hydrogen (secondary N) is 1. The van der Waals surface area contributed by atoms with Crippen LogP contribution < -0.4 is 5.32 Å². The number of anilines is 1. The van der Waals surface area contributed by atoms with Crippen LogP contribution in [0.4, 0.5) is 5.69 Å². The Balaban J connectivity index is 1.87. The van der Waals surface area contributed by atoms with E-state index in [1.807, 2.05) is 42.5 Å². The highest BCUT2D eigenvalue weighted by molar-refractivity contribution is 5.93. The standard InChI is InChI=1S/C16H19NO5/c18-8-12-13(19)14(20)15(21)16(22-12)17-11-7-3-5-9-4-1-2-6-10(9)11/h1-7,12-21H,8H2/t12-,13+,14+,15-,16?/m1/s1. The third kappa shape index (κ3) is 2.67. The molecule has 1 saturated heterocycles. The molecule has 0 aliphatic carbocycles. The summed E-state index contributed by atoms with van der Waals surface area (Å²) in [7, 11) is 0. The van der Waals surface area contributed by atoms with Crippen molar-refractivity contribution in [2.75, 3.05) is 11.9 Å². The first kappa shape index (κ1) is 15.2. The first-order chi connectivity index (χ1) is 10.6. The van der Waals surface area contributed by atoms with Crippen LogP contribution in [0, 0.1) is 0 Å². The highest BCUT2D eigenvalue weighted by atomic mass is 16.6. The van der Waals surface area contributed by atoms with Crippen LogP contribution in [0.2, 0.25) is 0 Å². The lowest BCUT2D eigenvalue weighted by molar-refractivity contribution is -0.221. The lowest BCUT2D eigenvalue weighted by Crippen LogP contribution is -2.60. The Kier molecular flexibility index (Phi) is 4.28. The summed E-state index contributed by atoms with van der Waals surface area (Å²) in [4.78, 5) is 0. The predicted octanol–water partition coefficient (Wildman–Crippen LogP) is 0.0516. The molecule has 5 N–H and O–H groups in total. The van der Waals surface area contributed by atoms with Crippen molar-refractivity contribution in [3.8, 4) is 0 Å². The molecule has 118 valence electrons. The molecule has 0 saturated carbocycles. The van der Waals surface area contributed by atoms with E-state index < -0.39 is 37.3 Å². The molecule has 1 aliphatic heterocycles. The van der Waals surface area contributed by atoms with Crippen LogP contribution in [0.5, 0.6) is 0 Å². The average Bonchev–Trinajstić information content (AvgIpc) is 2.55. The van der Waals surface area contributed by atoms with E-state index >= 15 is 0 Å². The molecule has 3 rings (SSSR count). The summed E-state index contributed by atoms with van der Waals surface area (Å²) in [5.41, 5.74) is 0.738. The minimum absolute atomic E-state index is 0.446. The molecule has 5 atom stereocenters. The molecule has 1 heterocycles. The lowest BCUT2D eigenvalue weighted by Gasteiger charge is -2.40. The smallest absolute Gasteiger partial charge is 0.157 e. The van der Waals surface area contributed by atoms with Gasteiger partial charge in [0.05, 0.1) is 6.61 Å². The van der Waals surface area contributed by atoms with E-state index in [4.69, 9.17) is 4.74 Å². The molecule has 2 aromatic carbocycles. The summed E-state index contributed by atoms with van der Waals surface area (Å²) in [5, 5.41) is 43.9. The molecule has 0 amide bonds. The van der Waals surface area contributed by atoms with Gasteiger partial charge in [-0.05, 0) is 11.5 Å². The number of aliphatic hydroxyl groups excluding tert-OH is 4. The van der Waals surface area contributed by atoms with E-state index in [1.165, 1.54) is 0 Å². The summed E-state index contributed by atoms with van der Waals surface area (Å²) in [6, 6.07) is 13.4. The Hall–Kier alpha value is -1.70.